The predicted molar refractivity (Wildman–Crippen MR) is 111 cm³/mol. The lowest BCUT2D eigenvalue weighted by atomic mass is 10.1. The first-order chi connectivity index (χ1) is 13.8. The normalized spacial score (nSPS) is 17.3. The Morgan fingerprint density at radius 2 is 2.03 bits per heavy atom. The second-order valence-corrected chi connectivity index (χ2v) is 7.33. The number of hydrogen-bond donors (Lipinski definition) is 1. The number of anilines is 2. The lowest BCUT2D eigenvalue weighted by Crippen LogP contribution is -2.44. The molecule has 0 radical (unpaired) electrons. The molecule has 1 aliphatic heterocycles. The van der Waals surface area contributed by atoms with Gasteiger partial charge in [0.25, 0.3) is 5.69 Å². The molecule has 1 heterocycles. The molecule has 3 rings (SSSR count). The first-order valence-electron chi connectivity index (χ1n) is 9.43. The van der Waals surface area contributed by atoms with Crippen LogP contribution in [-0.4, -0.2) is 41.3 Å². The molecule has 1 N–H and O–H groups in total. The summed E-state index contributed by atoms with van der Waals surface area (Å²) in [5, 5.41) is 13.9. The molecule has 152 valence electrons. The van der Waals surface area contributed by atoms with Crippen molar-refractivity contribution in [3.63, 3.8) is 0 Å². The Morgan fingerprint density at radius 3 is 2.76 bits per heavy atom. The van der Waals surface area contributed by atoms with Gasteiger partial charge in [-0.2, -0.15) is 0 Å². The zero-order valence-corrected chi connectivity index (χ0v) is 16.7. The van der Waals surface area contributed by atoms with E-state index >= 15 is 0 Å². The molecular weight excluding hydrogens is 372 g/mol. The number of amides is 2. The number of hydrogen-bond acceptors (Lipinski definition) is 5. The standard InChI is InChI=1S/C21H24N4O4/c1-14-11-20(26)22-18-9-4-5-10-19(18)24(14)21(27)13-23(3)15(2)16-7-6-8-17(12-16)25(28)29/h4-10,12,14-15H,11,13H2,1-3H3,(H,22,26)/t14-,15-/m0/s1. The molecule has 0 fully saturated rings. The Balaban J connectivity index is 1.81. The molecule has 2 aromatic rings. The van der Waals surface area contributed by atoms with E-state index in [0.717, 1.165) is 5.56 Å². The lowest BCUT2D eigenvalue weighted by molar-refractivity contribution is -0.384. The SMILES string of the molecule is C[C@@H](c1cccc([N+](=O)[O-])c1)N(C)CC(=O)N1c2ccccc2NC(=O)C[C@@H]1C. The number of non-ortho nitro benzene ring substituents is 1. The second kappa shape index (κ2) is 8.40. The monoisotopic (exact) mass is 396 g/mol. The summed E-state index contributed by atoms with van der Waals surface area (Å²) in [7, 11) is 1.80. The molecule has 8 nitrogen and oxygen atoms in total. The highest BCUT2D eigenvalue weighted by atomic mass is 16.6. The number of nitrogens with zero attached hydrogens (tertiary/aromatic N) is 3. The van der Waals surface area contributed by atoms with E-state index in [1.165, 1.54) is 12.1 Å². The van der Waals surface area contributed by atoms with Gasteiger partial charge in [-0.05, 0) is 38.6 Å². The number of carbonyl (C=O) groups is 2. The number of nitro benzene ring substituents is 1. The van der Waals surface area contributed by atoms with Crippen LogP contribution in [0.3, 0.4) is 0 Å². The van der Waals surface area contributed by atoms with Crippen LogP contribution in [0.1, 0.15) is 31.9 Å². The number of fused-ring (bicyclic) bond motifs is 1. The Labute approximate surface area is 169 Å². The van der Waals surface area contributed by atoms with E-state index in [2.05, 4.69) is 5.32 Å². The van der Waals surface area contributed by atoms with E-state index in [1.807, 2.05) is 43.0 Å². The van der Waals surface area contributed by atoms with Gasteiger partial charge in [0.2, 0.25) is 11.8 Å². The van der Waals surface area contributed by atoms with Crippen molar-refractivity contribution in [1.82, 2.24) is 4.90 Å². The van der Waals surface area contributed by atoms with Crippen LogP contribution >= 0.6 is 0 Å². The van der Waals surface area contributed by atoms with Gasteiger partial charge in [-0.1, -0.05) is 24.3 Å². The topological polar surface area (TPSA) is 95.8 Å². The van der Waals surface area contributed by atoms with Crippen LogP contribution in [0, 0.1) is 10.1 Å². The van der Waals surface area contributed by atoms with Crippen molar-refractivity contribution in [3.05, 3.63) is 64.2 Å². The van der Waals surface area contributed by atoms with Gasteiger partial charge in [0, 0.05) is 30.6 Å². The summed E-state index contributed by atoms with van der Waals surface area (Å²) >= 11 is 0. The third kappa shape index (κ3) is 4.43. The Kier molecular flexibility index (Phi) is 5.93. The molecular formula is C21H24N4O4. The fraction of sp³-hybridized carbons (Fsp3) is 0.333. The van der Waals surface area contributed by atoms with Crippen molar-refractivity contribution in [2.45, 2.75) is 32.4 Å². The third-order valence-corrected chi connectivity index (χ3v) is 5.24. The molecule has 1 aliphatic rings. The quantitative estimate of drug-likeness (QED) is 0.618. The maximum Gasteiger partial charge on any atom is 0.269 e. The minimum absolute atomic E-state index is 0.0220. The summed E-state index contributed by atoms with van der Waals surface area (Å²) in [6, 6.07) is 13.2. The van der Waals surface area contributed by atoms with Gasteiger partial charge in [-0.25, -0.2) is 0 Å². The van der Waals surface area contributed by atoms with Crippen molar-refractivity contribution >= 4 is 28.9 Å². The summed E-state index contributed by atoms with van der Waals surface area (Å²) in [6.45, 7) is 3.86. The number of nitro groups is 1. The molecule has 0 bridgehead atoms. The Hall–Kier alpha value is -3.26. The van der Waals surface area contributed by atoms with Crippen LogP contribution in [0.5, 0.6) is 0 Å². The molecule has 0 spiro atoms. The van der Waals surface area contributed by atoms with Gasteiger partial charge in [-0.3, -0.25) is 24.6 Å². The lowest BCUT2D eigenvalue weighted by Gasteiger charge is -2.31. The van der Waals surface area contributed by atoms with Gasteiger partial charge in [-0.15, -0.1) is 0 Å². The predicted octanol–water partition coefficient (Wildman–Crippen LogP) is 3.35. The fourth-order valence-electron chi connectivity index (χ4n) is 3.55. The smallest absolute Gasteiger partial charge is 0.269 e. The molecule has 0 saturated heterocycles. The van der Waals surface area contributed by atoms with Gasteiger partial charge in [0.15, 0.2) is 0 Å². The number of nitrogens with one attached hydrogen (secondary N) is 1. The van der Waals surface area contributed by atoms with Crippen LogP contribution in [0.15, 0.2) is 48.5 Å². The highest BCUT2D eigenvalue weighted by Crippen LogP contribution is 2.32. The van der Waals surface area contributed by atoms with Gasteiger partial charge in [0.1, 0.15) is 0 Å². The molecule has 2 aromatic carbocycles. The summed E-state index contributed by atoms with van der Waals surface area (Å²) in [5.41, 5.74) is 2.07. The van der Waals surface area contributed by atoms with Gasteiger partial charge < -0.3 is 10.2 Å². The average Bonchev–Trinajstić information content (AvgIpc) is 2.81. The van der Waals surface area contributed by atoms with Crippen molar-refractivity contribution in [2.24, 2.45) is 0 Å². The number of para-hydroxylation sites is 2. The van der Waals surface area contributed by atoms with E-state index in [0.29, 0.717) is 11.4 Å². The number of benzene rings is 2. The number of rotatable bonds is 5. The molecule has 0 saturated carbocycles. The maximum absolute atomic E-state index is 13.2. The fourth-order valence-corrected chi connectivity index (χ4v) is 3.55. The Morgan fingerprint density at radius 1 is 1.31 bits per heavy atom. The molecule has 2 amide bonds. The maximum atomic E-state index is 13.2. The minimum Gasteiger partial charge on any atom is -0.324 e. The zero-order chi connectivity index (χ0) is 21.1. The summed E-state index contributed by atoms with van der Waals surface area (Å²) in [5.74, 6) is -0.264. The molecule has 2 atom stereocenters. The summed E-state index contributed by atoms with van der Waals surface area (Å²) in [6.07, 6.45) is 0.213. The first-order valence-corrected chi connectivity index (χ1v) is 9.43. The van der Waals surface area contributed by atoms with Crippen LogP contribution in [-0.2, 0) is 9.59 Å². The van der Waals surface area contributed by atoms with Crippen LogP contribution in [0.25, 0.3) is 0 Å². The van der Waals surface area contributed by atoms with Crippen LogP contribution in [0.2, 0.25) is 0 Å². The third-order valence-electron chi connectivity index (χ3n) is 5.24. The number of likely N-dealkylation sites (N-methyl/N-ethyl adjacent to an activating group) is 1. The first kappa shape index (κ1) is 20.5. The van der Waals surface area contributed by atoms with Crippen molar-refractivity contribution < 1.29 is 14.5 Å². The van der Waals surface area contributed by atoms with Crippen LogP contribution in [0.4, 0.5) is 17.1 Å². The van der Waals surface area contributed by atoms with Crippen molar-refractivity contribution in [2.75, 3.05) is 23.8 Å². The van der Waals surface area contributed by atoms with E-state index in [9.17, 15) is 19.7 Å². The van der Waals surface area contributed by atoms with Gasteiger partial charge >= 0.3 is 0 Å². The molecule has 0 aliphatic carbocycles. The van der Waals surface area contributed by atoms with Crippen molar-refractivity contribution in [3.8, 4) is 0 Å². The summed E-state index contributed by atoms with van der Waals surface area (Å²) < 4.78 is 0. The molecule has 0 aromatic heterocycles. The Bertz CT molecular complexity index is 946. The molecule has 8 heteroatoms. The van der Waals surface area contributed by atoms with E-state index in [4.69, 9.17) is 0 Å². The average molecular weight is 396 g/mol. The van der Waals surface area contributed by atoms with Crippen LogP contribution < -0.4 is 10.2 Å². The summed E-state index contributed by atoms with van der Waals surface area (Å²) in [4.78, 5) is 39.4. The van der Waals surface area contributed by atoms with E-state index in [1.54, 1.807) is 24.1 Å². The highest BCUT2D eigenvalue weighted by molar-refractivity contribution is 6.04. The molecule has 0 unspecified atom stereocenters. The van der Waals surface area contributed by atoms with E-state index in [-0.39, 0.29) is 42.6 Å². The van der Waals surface area contributed by atoms with E-state index < -0.39 is 4.92 Å². The number of carbonyl (C=O) groups excluding carboxylic acids is 2. The molecule has 29 heavy (non-hydrogen) atoms. The second-order valence-electron chi connectivity index (χ2n) is 7.33. The zero-order valence-electron chi connectivity index (χ0n) is 16.7. The minimum atomic E-state index is -0.429. The van der Waals surface area contributed by atoms with Crippen molar-refractivity contribution in [1.29, 1.82) is 0 Å². The largest absolute Gasteiger partial charge is 0.324 e. The van der Waals surface area contributed by atoms with Gasteiger partial charge in [0.05, 0.1) is 22.8 Å². The highest BCUT2D eigenvalue weighted by Gasteiger charge is 2.30.